The minimum absolute atomic E-state index is 0.400. The molecule has 0 aliphatic carbocycles. The van der Waals surface area contributed by atoms with Crippen LogP contribution in [0, 0.1) is 0 Å². The van der Waals surface area contributed by atoms with Crippen LogP contribution in [-0.4, -0.2) is 42.7 Å². The van der Waals surface area contributed by atoms with Gasteiger partial charge in [0.15, 0.2) is 0 Å². The zero-order chi connectivity index (χ0) is 12.1. The molecular weight excluding hydrogens is 212 g/mol. The van der Waals surface area contributed by atoms with Gasteiger partial charge in [0.25, 0.3) is 0 Å². The summed E-state index contributed by atoms with van der Waals surface area (Å²) in [5, 5.41) is 13.5. The molecule has 0 amide bonds. The molecular formula is C14H22N2O. The van der Waals surface area contributed by atoms with E-state index in [1.807, 2.05) is 30.3 Å². The molecule has 0 bridgehead atoms. The maximum absolute atomic E-state index is 10.0. The van der Waals surface area contributed by atoms with Crippen molar-refractivity contribution in [3.63, 3.8) is 0 Å². The Morgan fingerprint density at radius 1 is 1.41 bits per heavy atom. The van der Waals surface area contributed by atoms with Gasteiger partial charge in [-0.25, -0.2) is 0 Å². The molecule has 1 aliphatic rings. The van der Waals surface area contributed by atoms with Crippen LogP contribution in [0.25, 0.3) is 0 Å². The minimum atomic E-state index is -0.400. The molecule has 0 radical (unpaired) electrons. The summed E-state index contributed by atoms with van der Waals surface area (Å²) in [6.45, 7) is 2.92. The second-order valence-electron chi connectivity index (χ2n) is 4.94. The normalized spacial score (nSPS) is 23.5. The van der Waals surface area contributed by atoms with Gasteiger partial charge in [-0.15, -0.1) is 0 Å². The van der Waals surface area contributed by atoms with Gasteiger partial charge in [0.1, 0.15) is 0 Å². The molecule has 1 aromatic carbocycles. The average Bonchev–Trinajstić information content (AvgIpc) is 2.37. The molecule has 94 valence electrons. The molecule has 2 atom stereocenters. The van der Waals surface area contributed by atoms with E-state index in [9.17, 15) is 5.11 Å². The first-order valence-corrected chi connectivity index (χ1v) is 6.40. The molecule has 0 spiro atoms. The van der Waals surface area contributed by atoms with E-state index in [2.05, 4.69) is 17.3 Å². The topological polar surface area (TPSA) is 35.5 Å². The summed E-state index contributed by atoms with van der Waals surface area (Å²) >= 11 is 0. The summed E-state index contributed by atoms with van der Waals surface area (Å²) in [5.74, 6) is 0. The standard InChI is InChI=1S/C14H22N2O/c1-16-9-5-8-13(11-16)15-10-14(17)12-6-3-2-4-7-12/h2-4,6-7,13-15,17H,5,8-11H2,1H3. The number of aliphatic hydroxyl groups excluding tert-OH is 1. The van der Waals surface area contributed by atoms with E-state index >= 15 is 0 Å². The number of hydrogen-bond acceptors (Lipinski definition) is 3. The average molecular weight is 234 g/mol. The highest BCUT2D eigenvalue weighted by atomic mass is 16.3. The Balaban J connectivity index is 1.78. The van der Waals surface area contributed by atoms with Gasteiger partial charge < -0.3 is 15.3 Å². The highest BCUT2D eigenvalue weighted by molar-refractivity contribution is 5.17. The molecule has 1 saturated heterocycles. The van der Waals surface area contributed by atoms with Gasteiger partial charge in [0, 0.05) is 19.1 Å². The molecule has 1 aliphatic heterocycles. The first-order chi connectivity index (χ1) is 8.25. The van der Waals surface area contributed by atoms with Gasteiger partial charge in [-0.3, -0.25) is 0 Å². The number of rotatable bonds is 4. The zero-order valence-corrected chi connectivity index (χ0v) is 10.5. The third-order valence-electron chi connectivity index (χ3n) is 3.41. The summed E-state index contributed by atoms with van der Waals surface area (Å²) < 4.78 is 0. The van der Waals surface area contributed by atoms with E-state index in [0.29, 0.717) is 12.6 Å². The third kappa shape index (κ3) is 3.80. The summed E-state index contributed by atoms with van der Waals surface area (Å²) in [6.07, 6.45) is 2.06. The molecule has 2 N–H and O–H groups in total. The third-order valence-corrected chi connectivity index (χ3v) is 3.41. The van der Waals surface area contributed by atoms with Gasteiger partial charge in [-0.05, 0) is 32.0 Å². The lowest BCUT2D eigenvalue weighted by molar-refractivity contribution is 0.155. The smallest absolute Gasteiger partial charge is 0.0914 e. The predicted octanol–water partition coefficient (Wildman–Crippen LogP) is 1.40. The summed E-state index contributed by atoms with van der Waals surface area (Å²) in [4.78, 5) is 2.34. The largest absolute Gasteiger partial charge is 0.387 e. The number of aliphatic hydroxyl groups is 1. The lowest BCUT2D eigenvalue weighted by Gasteiger charge is -2.31. The highest BCUT2D eigenvalue weighted by Gasteiger charge is 2.17. The number of nitrogens with one attached hydrogen (secondary N) is 1. The fourth-order valence-electron chi connectivity index (χ4n) is 2.40. The van der Waals surface area contributed by atoms with E-state index in [0.717, 1.165) is 12.1 Å². The van der Waals surface area contributed by atoms with Crippen LogP contribution in [0.1, 0.15) is 24.5 Å². The van der Waals surface area contributed by atoms with Gasteiger partial charge >= 0.3 is 0 Å². The number of hydrogen-bond donors (Lipinski definition) is 2. The van der Waals surface area contributed by atoms with Crippen molar-refractivity contribution in [2.24, 2.45) is 0 Å². The second-order valence-corrected chi connectivity index (χ2v) is 4.94. The van der Waals surface area contributed by atoms with Crippen molar-refractivity contribution in [2.75, 3.05) is 26.7 Å². The van der Waals surface area contributed by atoms with Gasteiger partial charge in [0.2, 0.25) is 0 Å². The Hall–Kier alpha value is -0.900. The van der Waals surface area contributed by atoms with Crippen LogP contribution in [0.5, 0.6) is 0 Å². The molecule has 1 heterocycles. The fourth-order valence-corrected chi connectivity index (χ4v) is 2.40. The fraction of sp³-hybridized carbons (Fsp3) is 0.571. The summed E-state index contributed by atoms with van der Waals surface area (Å²) in [6, 6.07) is 10.4. The van der Waals surface area contributed by atoms with Crippen molar-refractivity contribution in [3.05, 3.63) is 35.9 Å². The molecule has 2 unspecified atom stereocenters. The Morgan fingerprint density at radius 2 is 2.18 bits per heavy atom. The lowest BCUT2D eigenvalue weighted by atomic mass is 10.1. The van der Waals surface area contributed by atoms with Crippen LogP contribution >= 0.6 is 0 Å². The van der Waals surface area contributed by atoms with Crippen LogP contribution in [-0.2, 0) is 0 Å². The maximum Gasteiger partial charge on any atom is 0.0914 e. The van der Waals surface area contributed by atoms with Crippen molar-refractivity contribution >= 4 is 0 Å². The van der Waals surface area contributed by atoms with Crippen molar-refractivity contribution < 1.29 is 5.11 Å². The molecule has 1 aromatic rings. The molecule has 0 aromatic heterocycles. The van der Waals surface area contributed by atoms with E-state index in [1.54, 1.807) is 0 Å². The monoisotopic (exact) mass is 234 g/mol. The van der Waals surface area contributed by atoms with E-state index in [4.69, 9.17) is 0 Å². The summed E-state index contributed by atoms with van der Waals surface area (Å²) in [7, 11) is 2.15. The lowest BCUT2D eigenvalue weighted by Crippen LogP contribution is -2.45. The van der Waals surface area contributed by atoms with Crippen LogP contribution < -0.4 is 5.32 Å². The number of likely N-dealkylation sites (N-methyl/N-ethyl adjacent to an activating group) is 1. The first kappa shape index (κ1) is 12.6. The highest BCUT2D eigenvalue weighted by Crippen LogP contribution is 2.13. The first-order valence-electron chi connectivity index (χ1n) is 6.40. The van der Waals surface area contributed by atoms with Crippen molar-refractivity contribution in [2.45, 2.75) is 25.0 Å². The van der Waals surface area contributed by atoms with Crippen LogP contribution in [0.3, 0.4) is 0 Å². The Morgan fingerprint density at radius 3 is 2.88 bits per heavy atom. The van der Waals surface area contributed by atoms with Gasteiger partial charge in [-0.1, -0.05) is 30.3 Å². The molecule has 3 nitrogen and oxygen atoms in total. The van der Waals surface area contributed by atoms with Gasteiger partial charge in [0.05, 0.1) is 6.10 Å². The van der Waals surface area contributed by atoms with E-state index in [-0.39, 0.29) is 0 Å². The van der Waals surface area contributed by atoms with Crippen LogP contribution in [0.2, 0.25) is 0 Å². The molecule has 17 heavy (non-hydrogen) atoms. The van der Waals surface area contributed by atoms with Crippen molar-refractivity contribution in [1.82, 2.24) is 10.2 Å². The predicted molar refractivity (Wildman–Crippen MR) is 69.9 cm³/mol. The number of nitrogens with zero attached hydrogens (tertiary/aromatic N) is 1. The van der Waals surface area contributed by atoms with Crippen molar-refractivity contribution in [1.29, 1.82) is 0 Å². The maximum atomic E-state index is 10.0. The molecule has 0 saturated carbocycles. The van der Waals surface area contributed by atoms with E-state index < -0.39 is 6.10 Å². The minimum Gasteiger partial charge on any atom is -0.387 e. The van der Waals surface area contributed by atoms with Crippen LogP contribution in [0.15, 0.2) is 30.3 Å². The molecule has 3 heteroatoms. The zero-order valence-electron chi connectivity index (χ0n) is 10.5. The van der Waals surface area contributed by atoms with Gasteiger partial charge in [-0.2, -0.15) is 0 Å². The number of likely N-dealkylation sites (tertiary alicyclic amines) is 1. The second kappa shape index (κ2) is 6.15. The Kier molecular flexibility index (Phi) is 4.54. The Bertz CT molecular complexity index is 328. The quantitative estimate of drug-likeness (QED) is 0.826. The Labute approximate surface area is 103 Å². The van der Waals surface area contributed by atoms with Crippen molar-refractivity contribution in [3.8, 4) is 0 Å². The number of piperidine rings is 1. The molecule has 1 fully saturated rings. The number of benzene rings is 1. The van der Waals surface area contributed by atoms with E-state index in [1.165, 1.54) is 19.4 Å². The van der Waals surface area contributed by atoms with Crippen LogP contribution in [0.4, 0.5) is 0 Å². The SMILES string of the molecule is CN1CCCC(NCC(O)c2ccccc2)C1. The summed E-state index contributed by atoms with van der Waals surface area (Å²) in [5.41, 5.74) is 0.990. The molecule has 2 rings (SSSR count).